The second-order valence-electron chi connectivity index (χ2n) is 7.18. The van der Waals surface area contributed by atoms with Crippen LogP contribution in [-0.4, -0.2) is 61.8 Å². The lowest BCUT2D eigenvalue weighted by atomic mass is 9.96. The van der Waals surface area contributed by atoms with Gasteiger partial charge in [-0.15, -0.1) is 0 Å². The van der Waals surface area contributed by atoms with Gasteiger partial charge in [0.2, 0.25) is 5.91 Å². The molecular formula is C20H19F2N3O4S. The molecule has 0 radical (unpaired) electrons. The monoisotopic (exact) mass is 435 g/mol. The third kappa shape index (κ3) is 3.80. The predicted octanol–water partition coefficient (Wildman–Crippen LogP) is 1.75. The van der Waals surface area contributed by atoms with Crippen molar-refractivity contribution in [3.63, 3.8) is 0 Å². The number of amides is 1. The van der Waals surface area contributed by atoms with Gasteiger partial charge in [0.1, 0.15) is 17.4 Å². The molecular weight excluding hydrogens is 416 g/mol. The first-order chi connectivity index (χ1) is 14.3. The maximum absolute atomic E-state index is 13.7. The maximum Gasteiger partial charge on any atom is 0.261 e. The molecule has 3 heterocycles. The van der Waals surface area contributed by atoms with Crippen molar-refractivity contribution in [2.75, 3.05) is 33.3 Å². The molecule has 1 amide bonds. The van der Waals surface area contributed by atoms with Gasteiger partial charge < -0.3 is 9.64 Å². The molecule has 2 aliphatic heterocycles. The Morgan fingerprint density at radius 1 is 1.10 bits per heavy atom. The molecule has 4 rings (SSSR count). The number of benzene rings is 1. The van der Waals surface area contributed by atoms with E-state index in [1.165, 1.54) is 29.7 Å². The summed E-state index contributed by atoms with van der Waals surface area (Å²) in [4.78, 5) is 17.8. The number of likely N-dealkylation sites (tertiary alicyclic amines) is 1. The Hall–Kier alpha value is -2.85. The first kappa shape index (κ1) is 20.4. The van der Waals surface area contributed by atoms with E-state index in [0.29, 0.717) is 18.8 Å². The topological polar surface area (TPSA) is 79.8 Å². The van der Waals surface area contributed by atoms with Crippen molar-refractivity contribution in [1.82, 2.24) is 14.2 Å². The van der Waals surface area contributed by atoms with Crippen molar-refractivity contribution >= 4 is 15.9 Å². The summed E-state index contributed by atoms with van der Waals surface area (Å²) in [7, 11) is -2.20. The summed E-state index contributed by atoms with van der Waals surface area (Å²) in [5.74, 6) is -1.21. The number of aromatic nitrogens is 1. The Morgan fingerprint density at radius 2 is 1.80 bits per heavy atom. The molecule has 0 N–H and O–H groups in total. The number of rotatable bonds is 5. The van der Waals surface area contributed by atoms with E-state index in [1.54, 1.807) is 11.0 Å². The van der Waals surface area contributed by atoms with Crippen LogP contribution in [0.25, 0.3) is 0 Å². The number of hydrogen-bond donors (Lipinski definition) is 0. The number of methoxy groups -OCH3 is 1. The summed E-state index contributed by atoms with van der Waals surface area (Å²) >= 11 is 0. The van der Waals surface area contributed by atoms with Gasteiger partial charge in [-0.1, -0.05) is 6.07 Å². The minimum Gasteiger partial charge on any atom is -0.495 e. The number of hydrogen-bond acceptors (Lipinski definition) is 5. The van der Waals surface area contributed by atoms with Crippen LogP contribution < -0.4 is 4.74 Å². The van der Waals surface area contributed by atoms with E-state index in [9.17, 15) is 22.0 Å². The largest absolute Gasteiger partial charge is 0.495 e. The van der Waals surface area contributed by atoms with Gasteiger partial charge in [0.05, 0.1) is 19.7 Å². The highest BCUT2D eigenvalue weighted by Gasteiger charge is 2.38. The van der Waals surface area contributed by atoms with Gasteiger partial charge in [0.25, 0.3) is 10.0 Å². The molecule has 2 saturated heterocycles. The zero-order chi connectivity index (χ0) is 21.5. The second kappa shape index (κ2) is 7.77. The average Bonchev–Trinajstić information content (AvgIpc) is 2.64. The molecule has 2 fully saturated rings. The molecule has 0 aliphatic carbocycles. The van der Waals surface area contributed by atoms with Gasteiger partial charge in [-0.25, -0.2) is 22.2 Å². The molecule has 2 aromatic rings. The molecule has 1 aromatic carbocycles. The predicted molar refractivity (Wildman–Crippen MR) is 103 cm³/mol. The summed E-state index contributed by atoms with van der Waals surface area (Å²) in [6.45, 7) is 1.32. The van der Waals surface area contributed by atoms with Gasteiger partial charge in [-0.3, -0.25) is 4.79 Å². The van der Waals surface area contributed by atoms with Crippen LogP contribution in [0.5, 0.6) is 5.75 Å². The summed E-state index contributed by atoms with van der Waals surface area (Å²) < 4.78 is 58.2. The molecule has 7 nitrogen and oxygen atoms in total. The smallest absolute Gasteiger partial charge is 0.261 e. The highest BCUT2D eigenvalue weighted by atomic mass is 32.2. The minimum absolute atomic E-state index is 0.0425. The van der Waals surface area contributed by atoms with Crippen molar-refractivity contribution in [2.45, 2.75) is 11.4 Å². The quantitative estimate of drug-likeness (QED) is 0.669. The number of carbonyl (C=O) groups excluding carboxylic acids is 1. The first-order valence-electron chi connectivity index (χ1n) is 9.19. The van der Waals surface area contributed by atoms with Crippen molar-refractivity contribution in [1.29, 1.82) is 0 Å². The second-order valence-corrected chi connectivity index (χ2v) is 9.06. The first-order valence-corrected chi connectivity index (χ1v) is 10.6. The van der Waals surface area contributed by atoms with E-state index < -0.39 is 21.7 Å². The Bertz CT molecular complexity index is 1120. The number of carbonyl (C=O) groups is 1. The Kier molecular flexibility index (Phi) is 5.29. The molecule has 0 spiro atoms. The van der Waals surface area contributed by atoms with Gasteiger partial charge >= 0.3 is 0 Å². The average molecular weight is 435 g/mol. The van der Waals surface area contributed by atoms with E-state index in [0.717, 1.165) is 23.3 Å². The van der Waals surface area contributed by atoms with Crippen molar-refractivity contribution in [3.05, 3.63) is 64.9 Å². The number of nitrogens with zero attached hydrogens (tertiary/aromatic N) is 3. The van der Waals surface area contributed by atoms with Gasteiger partial charge in [0.15, 0.2) is 5.03 Å². The maximum atomic E-state index is 13.7. The normalized spacial score (nSPS) is 16.8. The Balaban J connectivity index is 1.33. The molecule has 2 aliphatic rings. The van der Waals surface area contributed by atoms with Crippen LogP contribution in [0.1, 0.15) is 5.56 Å². The highest BCUT2D eigenvalue weighted by molar-refractivity contribution is 7.89. The number of halogens is 2. The SMILES string of the molecule is COc1ccc(S(=O)(=O)N2CC(=C3CN(C(=O)Cc4ccc(F)cc4F)C3)C2)nc1. The fraction of sp³-hybridized carbons (Fsp3) is 0.300. The van der Waals surface area contributed by atoms with Crippen molar-refractivity contribution in [2.24, 2.45) is 0 Å². The van der Waals surface area contributed by atoms with Gasteiger partial charge in [-0.2, -0.15) is 4.31 Å². The number of sulfonamides is 1. The van der Waals surface area contributed by atoms with Crippen LogP contribution in [0.15, 0.2) is 52.7 Å². The summed E-state index contributed by atoms with van der Waals surface area (Å²) in [6, 6.07) is 6.09. The van der Waals surface area contributed by atoms with Crippen LogP contribution >= 0.6 is 0 Å². The molecule has 0 saturated carbocycles. The van der Waals surface area contributed by atoms with Crippen molar-refractivity contribution < 1.29 is 26.7 Å². The summed E-state index contributed by atoms with van der Waals surface area (Å²) in [5.41, 5.74) is 2.14. The third-order valence-corrected chi connectivity index (χ3v) is 6.96. The lowest BCUT2D eigenvalue weighted by Gasteiger charge is -2.41. The molecule has 0 atom stereocenters. The standard InChI is InChI=1S/C20H19F2N3O4S/c1-29-17-4-5-19(23-8-17)30(27,28)25-11-15(12-25)14-9-24(10-14)20(26)6-13-2-3-16(21)7-18(13)22/h2-5,7-8H,6,9-12H2,1H3. The Morgan fingerprint density at radius 3 is 2.40 bits per heavy atom. The highest BCUT2D eigenvalue weighted by Crippen LogP contribution is 2.30. The van der Waals surface area contributed by atoms with Crippen LogP contribution in [0.4, 0.5) is 8.78 Å². The lowest BCUT2D eigenvalue weighted by Crippen LogP contribution is -2.51. The van der Waals surface area contributed by atoms with Crippen LogP contribution in [-0.2, 0) is 21.2 Å². The van der Waals surface area contributed by atoms with E-state index >= 15 is 0 Å². The van der Waals surface area contributed by atoms with Gasteiger partial charge in [0, 0.05) is 32.2 Å². The van der Waals surface area contributed by atoms with Crippen molar-refractivity contribution in [3.8, 4) is 5.75 Å². The molecule has 158 valence electrons. The van der Waals surface area contributed by atoms with E-state index in [-0.39, 0.29) is 36.0 Å². The zero-order valence-corrected chi connectivity index (χ0v) is 17.0. The molecule has 10 heteroatoms. The molecule has 0 bridgehead atoms. The fourth-order valence-electron chi connectivity index (χ4n) is 3.30. The van der Waals surface area contributed by atoms with E-state index in [4.69, 9.17) is 4.74 Å². The van der Waals surface area contributed by atoms with E-state index in [1.807, 2.05) is 0 Å². The summed E-state index contributed by atoms with van der Waals surface area (Å²) in [6.07, 6.45) is 1.21. The van der Waals surface area contributed by atoms with Crippen LogP contribution in [0.2, 0.25) is 0 Å². The van der Waals surface area contributed by atoms with Crippen LogP contribution in [0, 0.1) is 11.6 Å². The number of ether oxygens (including phenoxy) is 1. The lowest BCUT2D eigenvalue weighted by molar-refractivity contribution is -0.131. The van der Waals surface area contributed by atoms with Crippen LogP contribution in [0.3, 0.4) is 0 Å². The zero-order valence-electron chi connectivity index (χ0n) is 16.1. The fourth-order valence-corrected chi connectivity index (χ4v) is 4.64. The Labute approximate surface area is 172 Å². The third-order valence-electron chi connectivity index (χ3n) is 5.26. The minimum atomic E-state index is -3.68. The van der Waals surface area contributed by atoms with E-state index in [2.05, 4.69) is 4.98 Å². The number of pyridine rings is 1. The molecule has 30 heavy (non-hydrogen) atoms. The molecule has 1 aromatic heterocycles. The molecule has 0 unspecified atom stereocenters. The van der Waals surface area contributed by atoms with Gasteiger partial charge in [-0.05, 0) is 34.9 Å². The summed E-state index contributed by atoms with van der Waals surface area (Å²) in [5, 5.41) is -0.0425.